The molecule has 0 aromatic carbocycles. The van der Waals surface area contributed by atoms with Crippen LogP contribution < -0.4 is 10.7 Å². The van der Waals surface area contributed by atoms with Crippen LogP contribution in [0, 0.1) is 10.8 Å². The van der Waals surface area contributed by atoms with E-state index in [0.29, 0.717) is 13.1 Å². The molecular formula is C24H35N3O3. The molecule has 2 heterocycles. The van der Waals surface area contributed by atoms with Crippen LogP contribution in [0.5, 0.6) is 0 Å². The highest BCUT2D eigenvalue weighted by Gasteiger charge is 2.51. The Bertz CT molecular complexity index is 913. The van der Waals surface area contributed by atoms with Crippen molar-refractivity contribution in [3.8, 4) is 0 Å². The number of likely N-dealkylation sites (tertiary alicyclic amines) is 1. The Morgan fingerprint density at radius 2 is 1.73 bits per heavy atom. The second kappa shape index (κ2) is 7.54. The predicted octanol–water partition coefficient (Wildman–Crippen LogP) is 3.75. The number of rotatable bonds is 4. The van der Waals surface area contributed by atoms with Crippen molar-refractivity contribution in [2.75, 3.05) is 13.1 Å². The molecule has 164 valence electrons. The minimum absolute atomic E-state index is 0.0864. The molecule has 1 aromatic heterocycles. The van der Waals surface area contributed by atoms with Gasteiger partial charge in [0.25, 0.3) is 11.8 Å². The number of carbonyl (C=O) groups excluding carboxylic acids is 2. The molecule has 0 spiro atoms. The molecule has 6 nitrogen and oxygen atoms in total. The zero-order valence-corrected chi connectivity index (χ0v) is 18.8. The molecule has 2 amide bonds. The van der Waals surface area contributed by atoms with Gasteiger partial charge < -0.3 is 14.8 Å². The first-order chi connectivity index (χ1) is 14.1. The van der Waals surface area contributed by atoms with E-state index in [1.807, 2.05) is 16.4 Å². The molecule has 4 rings (SSSR count). The summed E-state index contributed by atoms with van der Waals surface area (Å²) in [6.45, 7) is 9.77. The fourth-order valence-electron chi connectivity index (χ4n) is 6.43. The number of hydrogen-bond acceptors (Lipinski definition) is 3. The van der Waals surface area contributed by atoms with Crippen LogP contribution in [0.4, 0.5) is 0 Å². The summed E-state index contributed by atoms with van der Waals surface area (Å²) < 4.78 is 1.96. The van der Waals surface area contributed by atoms with Crippen molar-refractivity contribution in [2.24, 2.45) is 10.8 Å². The molecule has 30 heavy (non-hydrogen) atoms. The number of pyridine rings is 1. The van der Waals surface area contributed by atoms with Crippen LogP contribution in [0.1, 0.15) is 99.4 Å². The fourth-order valence-corrected chi connectivity index (χ4v) is 6.43. The highest BCUT2D eigenvalue weighted by molar-refractivity contribution is 5.99. The van der Waals surface area contributed by atoms with E-state index in [9.17, 15) is 14.4 Å². The average Bonchev–Trinajstić information content (AvgIpc) is 3.27. The maximum Gasteiger partial charge on any atom is 0.259 e. The summed E-state index contributed by atoms with van der Waals surface area (Å²) >= 11 is 0. The van der Waals surface area contributed by atoms with Gasteiger partial charge in [-0.1, -0.05) is 33.6 Å². The highest BCUT2D eigenvalue weighted by atomic mass is 16.2. The molecule has 2 unspecified atom stereocenters. The van der Waals surface area contributed by atoms with Gasteiger partial charge in [-0.25, -0.2) is 0 Å². The molecule has 1 aromatic rings. The molecule has 1 N–H and O–H groups in total. The molecule has 2 atom stereocenters. The van der Waals surface area contributed by atoms with Crippen molar-refractivity contribution in [2.45, 2.75) is 84.7 Å². The zero-order valence-electron chi connectivity index (χ0n) is 18.8. The van der Waals surface area contributed by atoms with Gasteiger partial charge in [0.05, 0.1) is 0 Å². The van der Waals surface area contributed by atoms with Crippen molar-refractivity contribution in [3.05, 3.63) is 33.7 Å². The van der Waals surface area contributed by atoms with Crippen LogP contribution in [0.3, 0.4) is 0 Å². The second-order valence-electron chi connectivity index (χ2n) is 10.8. The standard InChI is InChI=1S/C24H35N3O3/c1-5-25-21(29)18-12-26(16-8-6-7-9-16)13-19(20(18)28)22(30)27-15-24(4)11-17(27)10-23(2,3)14-24/h12-13,16-17H,5-11,14-15H2,1-4H3,(H,25,29). The smallest absolute Gasteiger partial charge is 0.259 e. The first-order valence-corrected chi connectivity index (χ1v) is 11.5. The van der Waals surface area contributed by atoms with Crippen molar-refractivity contribution in [1.29, 1.82) is 0 Å². The minimum atomic E-state index is -0.439. The fraction of sp³-hybridized carbons (Fsp3) is 0.708. The topological polar surface area (TPSA) is 71.4 Å². The number of nitrogens with one attached hydrogen (secondary N) is 1. The van der Waals surface area contributed by atoms with E-state index in [-0.39, 0.29) is 39.9 Å². The molecular weight excluding hydrogens is 378 g/mol. The maximum atomic E-state index is 13.6. The van der Waals surface area contributed by atoms with Gasteiger partial charge in [-0.3, -0.25) is 14.4 Å². The number of aromatic nitrogens is 1. The van der Waals surface area contributed by atoms with E-state index in [0.717, 1.165) is 44.9 Å². The molecule has 2 saturated carbocycles. The van der Waals surface area contributed by atoms with E-state index >= 15 is 0 Å². The van der Waals surface area contributed by atoms with E-state index in [1.54, 1.807) is 12.4 Å². The van der Waals surface area contributed by atoms with Crippen LogP contribution in [-0.4, -0.2) is 40.4 Å². The average molecular weight is 414 g/mol. The molecule has 0 radical (unpaired) electrons. The monoisotopic (exact) mass is 413 g/mol. The Balaban J connectivity index is 1.73. The largest absolute Gasteiger partial charge is 0.352 e. The van der Waals surface area contributed by atoms with Crippen molar-refractivity contribution in [3.63, 3.8) is 0 Å². The summed E-state index contributed by atoms with van der Waals surface area (Å²) in [5.41, 5.74) is 0.0950. The predicted molar refractivity (Wildman–Crippen MR) is 117 cm³/mol. The van der Waals surface area contributed by atoms with Crippen LogP contribution in [0.25, 0.3) is 0 Å². The number of amides is 2. The normalized spacial score (nSPS) is 28.0. The van der Waals surface area contributed by atoms with Gasteiger partial charge in [0.2, 0.25) is 5.43 Å². The third-order valence-corrected chi connectivity index (χ3v) is 7.28. The third kappa shape index (κ3) is 3.81. The summed E-state index contributed by atoms with van der Waals surface area (Å²) in [6, 6.07) is 0.415. The van der Waals surface area contributed by atoms with E-state index in [1.165, 1.54) is 0 Å². The molecule has 2 aliphatic carbocycles. The number of nitrogens with zero attached hydrogens (tertiary/aromatic N) is 2. The van der Waals surface area contributed by atoms with Gasteiger partial charge in [0.1, 0.15) is 11.1 Å². The van der Waals surface area contributed by atoms with Crippen molar-refractivity contribution in [1.82, 2.24) is 14.8 Å². The van der Waals surface area contributed by atoms with Gasteiger partial charge in [0, 0.05) is 37.6 Å². The van der Waals surface area contributed by atoms with E-state index in [4.69, 9.17) is 0 Å². The molecule has 3 fully saturated rings. The van der Waals surface area contributed by atoms with Crippen LogP contribution in [0.15, 0.2) is 17.2 Å². The summed E-state index contributed by atoms with van der Waals surface area (Å²) in [4.78, 5) is 41.4. The van der Waals surface area contributed by atoms with Gasteiger partial charge in [-0.2, -0.15) is 0 Å². The Labute approximate surface area is 179 Å². The Kier molecular flexibility index (Phi) is 5.31. The molecule has 1 saturated heterocycles. The Morgan fingerprint density at radius 1 is 1.07 bits per heavy atom. The lowest BCUT2D eigenvalue weighted by molar-refractivity contribution is 0.0706. The molecule has 1 aliphatic heterocycles. The van der Waals surface area contributed by atoms with Gasteiger partial charge in [0.15, 0.2) is 0 Å². The summed E-state index contributed by atoms with van der Waals surface area (Å²) in [7, 11) is 0. The van der Waals surface area contributed by atoms with Gasteiger partial charge >= 0.3 is 0 Å². The maximum absolute atomic E-state index is 13.6. The van der Waals surface area contributed by atoms with E-state index < -0.39 is 11.3 Å². The highest BCUT2D eigenvalue weighted by Crippen LogP contribution is 2.52. The molecule has 6 heteroatoms. The second-order valence-corrected chi connectivity index (χ2v) is 10.8. The molecule has 2 bridgehead atoms. The number of fused-ring (bicyclic) bond motifs is 2. The zero-order chi connectivity index (χ0) is 21.7. The lowest BCUT2D eigenvalue weighted by Gasteiger charge is -2.39. The summed E-state index contributed by atoms with van der Waals surface area (Å²) in [6.07, 6.45) is 10.7. The van der Waals surface area contributed by atoms with Crippen LogP contribution in [0.2, 0.25) is 0 Å². The lowest BCUT2D eigenvalue weighted by Crippen LogP contribution is -2.41. The first-order valence-electron chi connectivity index (χ1n) is 11.5. The van der Waals surface area contributed by atoms with Gasteiger partial charge in [-0.15, -0.1) is 0 Å². The minimum Gasteiger partial charge on any atom is -0.352 e. The molecule has 3 aliphatic rings. The van der Waals surface area contributed by atoms with Crippen molar-refractivity contribution >= 4 is 11.8 Å². The third-order valence-electron chi connectivity index (χ3n) is 7.28. The Morgan fingerprint density at radius 3 is 2.40 bits per heavy atom. The number of hydrogen-bond donors (Lipinski definition) is 1. The Hall–Kier alpha value is -2.11. The first kappa shape index (κ1) is 21.1. The quantitative estimate of drug-likeness (QED) is 0.817. The van der Waals surface area contributed by atoms with Crippen LogP contribution in [-0.2, 0) is 0 Å². The van der Waals surface area contributed by atoms with Crippen LogP contribution >= 0.6 is 0 Å². The summed E-state index contributed by atoms with van der Waals surface area (Å²) in [5, 5.41) is 2.73. The van der Waals surface area contributed by atoms with Gasteiger partial charge in [-0.05, 0) is 49.9 Å². The SMILES string of the molecule is CCNC(=O)c1cn(C2CCCC2)cc(C(=O)N2CC3(C)CC2CC(C)(C)C3)c1=O. The summed E-state index contributed by atoms with van der Waals surface area (Å²) in [5.74, 6) is -0.596. The number of carbonyl (C=O) groups is 2. The lowest BCUT2D eigenvalue weighted by atomic mass is 9.65. The van der Waals surface area contributed by atoms with Crippen molar-refractivity contribution < 1.29 is 9.59 Å². The van der Waals surface area contributed by atoms with E-state index in [2.05, 4.69) is 26.1 Å².